The maximum atomic E-state index is 14.1. The highest BCUT2D eigenvalue weighted by Crippen LogP contribution is 2.27. The Balaban J connectivity index is 1.91. The lowest BCUT2D eigenvalue weighted by Crippen LogP contribution is -2.50. The van der Waals surface area contributed by atoms with Crippen LogP contribution in [0, 0.1) is 5.82 Å². The quantitative estimate of drug-likeness (QED) is 0.783. The van der Waals surface area contributed by atoms with Gasteiger partial charge >= 0.3 is 0 Å². The highest BCUT2D eigenvalue weighted by atomic mass is 32.2. The summed E-state index contributed by atoms with van der Waals surface area (Å²) in [5, 5.41) is 0. The van der Waals surface area contributed by atoms with Crippen molar-refractivity contribution in [3.63, 3.8) is 0 Å². The number of nitrogens with zero attached hydrogens (tertiary/aromatic N) is 2. The molecular weight excluding hydrogens is 363 g/mol. The topological polar surface area (TPSA) is 76.2 Å². The van der Waals surface area contributed by atoms with Gasteiger partial charge in [-0.15, -0.1) is 0 Å². The minimum absolute atomic E-state index is 0.136. The fourth-order valence-electron chi connectivity index (χ4n) is 3.29. The number of likely N-dealkylation sites (tertiary alicyclic amines) is 1. The number of sulfonamides is 1. The summed E-state index contributed by atoms with van der Waals surface area (Å²) in [6.07, 6.45) is 2.09. The molecule has 2 saturated heterocycles. The van der Waals surface area contributed by atoms with E-state index in [-0.39, 0.29) is 17.5 Å². The first-order valence-corrected chi connectivity index (χ1v) is 10.0. The lowest BCUT2D eigenvalue weighted by Gasteiger charge is -2.38. The number of hydrogen-bond acceptors (Lipinski definition) is 5. The molecule has 2 fully saturated rings. The molecule has 1 atom stereocenters. The highest BCUT2D eigenvalue weighted by molar-refractivity contribution is 7.89. The standard InChI is InChI=1S/C17H23FN2O5S/c1-19(2)26(22,23)15-11-12(6-7-13(15)18)16(21)20-8-4-3-5-14(20)17-24-9-10-25-17/h6-7,11,14,17H,3-5,8-10H2,1-2H3. The molecule has 1 amide bonds. The fourth-order valence-corrected chi connectivity index (χ4v) is 4.27. The summed E-state index contributed by atoms with van der Waals surface area (Å²) < 4.78 is 50.7. The molecule has 2 aliphatic rings. The van der Waals surface area contributed by atoms with E-state index in [4.69, 9.17) is 9.47 Å². The lowest BCUT2D eigenvalue weighted by atomic mass is 10.00. The van der Waals surface area contributed by atoms with E-state index in [9.17, 15) is 17.6 Å². The predicted octanol–water partition coefficient (Wildman–Crippen LogP) is 1.44. The Labute approximate surface area is 152 Å². The molecule has 144 valence electrons. The maximum Gasteiger partial charge on any atom is 0.254 e. The van der Waals surface area contributed by atoms with Crippen molar-refractivity contribution in [1.82, 2.24) is 9.21 Å². The molecule has 26 heavy (non-hydrogen) atoms. The first-order valence-electron chi connectivity index (χ1n) is 8.58. The summed E-state index contributed by atoms with van der Waals surface area (Å²) in [5.41, 5.74) is 0.136. The SMILES string of the molecule is CN(C)S(=O)(=O)c1cc(C(=O)N2CCCCC2C2OCCO2)ccc1F. The zero-order chi connectivity index (χ0) is 18.9. The number of amides is 1. The molecule has 3 rings (SSSR count). The molecule has 0 aliphatic carbocycles. The predicted molar refractivity (Wildman–Crippen MR) is 91.6 cm³/mol. The van der Waals surface area contributed by atoms with E-state index >= 15 is 0 Å². The number of ether oxygens (including phenoxy) is 2. The van der Waals surface area contributed by atoms with Crippen LogP contribution in [0.25, 0.3) is 0 Å². The van der Waals surface area contributed by atoms with Gasteiger partial charge in [-0.2, -0.15) is 0 Å². The van der Waals surface area contributed by atoms with E-state index in [1.54, 1.807) is 4.90 Å². The van der Waals surface area contributed by atoms with Crippen LogP contribution in [0.1, 0.15) is 29.6 Å². The normalized spacial score (nSPS) is 22.2. The molecule has 0 aromatic heterocycles. The van der Waals surface area contributed by atoms with Crippen molar-refractivity contribution >= 4 is 15.9 Å². The number of carbonyl (C=O) groups excluding carboxylic acids is 1. The molecule has 9 heteroatoms. The molecule has 2 heterocycles. The van der Waals surface area contributed by atoms with E-state index in [0.717, 1.165) is 35.7 Å². The average Bonchev–Trinajstić information content (AvgIpc) is 3.15. The van der Waals surface area contributed by atoms with Crippen molar-refractivity contribution < 1.29 is 27.1 Å². The highest BCUT2D eigenvalue weighted by Gasteiger charge is 2.37. The molecular formula is C17H23FN2O5S. The molecule has 1 unspecified atom stereocenters. The smallest absolute Gasteiger partial charge is 0.254 e. The van der Waals surface area contributed by atoms with Gasteiger partial charge in [-0.25, -0.2) is 17.1 Å². The average molecular weight is 386 g/mol. The van der Waals surface area contributed by atoms with Crippen molar-refractivity contribution in [2.45, 2.75) is 36.5 Å². The van der Waals surface area contributed by atoms with Gasteiger partial charge in [0.25, 0.3) is 5.91 Å². The molecule has 0 bridgehead atoms. The van der Waals surface area contributed by atoms with Gasteiger partial charge in [0.15, 0.2) is 6.29 Å². The van der Waals surface area contributed by atoms with Gasteiger partial charge in [-0.3, -0.25) is 4.79 Å². The number of benzene rings is 1. The molecule has 7 nitrogen and oxygen atoms in total. The largest absolute Gasteiger partial charge is 0.348 e. The van der Waals surface area contributed by atoms with Crippen LogP contribution < -0.4 is 0 Å². The van der Waals surface area contributed by atoms with E-state index in [1.807, 2.05) is 0 Å². The van der Waals surface area contributed by atoms with Gasteiger partial charge < -0.3 is 14.4 Å². The minimum Gasteiger partial charge on any atom is -0.348 e. The second-order valence-corrected chi connectivity index (χ2v) is 8.72. The second-order valence-electron chi connectivity index (χ2n) is 6.60. The number of carbonyl (C=O) groups is 1. The Hall–Kier alpha value is -1.55. The summed E-state index contributed by atoms with van der Waals surface area (Å²) in [6, 6.07) is 3.21. The fraction of sp³-hybridized carbons (Fsp3) is 0.588. The molecule has 0 spiro atoms. The molecule has 2 aliphatic heterocycles. The lowest BCUT2D eigenvalue weighted by molar-refractivity contribution is -0.100. The summed E-state index contributed by atoms with van der Waals surface area (Å²) >= 11 is 0. The Morgan fingerprint density at radius 3 is 2.58 bits per heavy atom. The molecule has 0 radical (unpaired) electrons. The van der Waals surface area contributed by atoms with Crippen molar-refractivity contribution in [2.75, 3.05) is 33.9 Å². The van der Waals surface area contributed by atoms with Crippen LogP contribution in [0.4, 0.5) is 4.39 Å². The van der Waals surface area contributed by atoms with Crippen molar-refractivity contribution in [3.8, 4) is 0 Å². The van der Waals surface area contributed by atoms with Gasteiger partial charge in [-0.1, -0.05) is 0 Å². The maximum absolute atomic E-state index is 14.1. The van der Waals surface area contributed by atoms with Crippen LogP contribution in [0.2, 0.25) is 0 Å². The Morgan fingerprint density at radius 1 is 1.23 bits per heavy atom. The summed E-state index contributed by atoms with van der Waals surface area (Å²) in [4.78, 5) is 14.2. The van der Waals surface area contributed by atoms with Crippen molar-refractivity contribution in [3.05, 3.63) is 29.6 Å². The van der Waals surface area contributed by atoms with Crippen LogP contribution in [-0.4, -0.2) is 69.7 Å². The van der Waals surface area contributed by atoms with Gasteiger partial charge in [-0.05, 0) is 37.5 Å². The van der Waals surface area contributed by atoms with Crippen molar-refractivity contribution in [2.24, 2.45) is 0 Å². The van der Waals surface area contributed by atoms with Crippen LogP contribution in [-0.2, 0) is 19.5 Å². The van der Waals surface area contributed by atoms with Gasteiger partial charge in [0, 0.05) is 26.2 Å². The van der Waals surface area contributed by atoms with Gasteiger partial charge in [0.1, 0.15) is 10.7 Å². The number of rotatable bonds is 4. The second kappa shape index (κ2) is 7.59. The van der Waals surface area contributed by atoms with Crippen molar-refractivity contribution in [1.29, 1.82) is 0 Å². The van der Waals surface area contributed by atoms with Crippen LogP contribution in [0.15, 0.2) is 23.1 Å². The van der Waals surface area contributed by atoms with Gasteiger partial charge in [0.2, 0.25) is 10.0 Å². The zero-order valence-corrected chi connectivity index (χ0v) is 15.7. The number of piperidine rings is 1. The number of hydrogen-bond donors (Lipinski definition) is 0. The van der Waals surface area contributed by atoms with Gasteiger partial charge in [0.05, 0.1) is 19.3 Å². The summed E-state index contributed by atoms with van der Waals surface area (Å²) in [5.74, 6) is -1.23. The van der Waals surface area contributed by atoms with E-state index < -0.39 is 27.0 Å². The third kappa shape index (κ3) is 3.62. The van der Waals surface area contributed by atoms with Crippen LogP contribution in [0.5, 0.6) is 0 Å². The Kier molecular flexibility index (Phi) is 5.61. The van der Waals surface area contributed by atoms with E-state index in [2.05, 4.69) is 0 Å². The number of halogens is 1. The first kappa shape index (κ1) is 19.2. The van der Waals surface area contributed by atoms with E-state index in [0.29, 0.717) is 19.8 Å². The van der Waals surface area contributed by atoms with Crippen LogP contribution in [0.3, 0.4) is 0 Å². The monoisotopic (exact) mass is 386 g/mol. The third-order valence-electron chi connectivity index (χ3n) is 4.71. The molecule has 1 aromatic rings. The van der Waals surface area contributed by atoms with E-state index in [1.165, 1.54) is 20.2 Å². The Morgan fingerprint density at radius 2 is 1.92 bits per heavy atom. The first-order chi connectivity index (χ1) is 12.3. The molecule has 0 N–H and O–H groups in total. The molecule has 0 saturated carbocycles. The zero-order valence-electron chi connectivity index (χ0n) is 14.9. The summed E-state index contributed by atoms with van der Waals surface area (Å²) in [7, 11) is -1.35. The third-order valence-corrected chi connectivity index (χ3v) is 6.54. The van der Waals surface area contributed by atoms with Crippen LogP contribution >= 0.6 is 0 Å². The minimum atomic E-state index is -3.99. The summed E-state index contributed by atoms with van der Waals surface area (Å²) in [6.45, 7) is 1.51. The molecule has 1 aromatic carbocycles. The Bertz CT molecular complexity index is 777.